The van der Waals surface area contributed by atoms with Crippen molar-refractivity contribution in [2.24, 2.45) is 17.8 Å². The lowest BCUT2D eigenvalue weighted by atomic mass is 9.77. The molecule has 3 fully saturated rings. The van der Waals surface area contributed by atoms with Crippen LogP contribution in [0, 0.1) is 17.8 Å². The average Bonchev–Trinajstić information content (AvgIpc) is 3.31. The number of aliphatic hydroxyl groups is 2. The first-order valence-electron chi connectivity index (χ1n) is 9.15. The minimum Gasteiger partial charge on any atom is -0.458 e. The second kappa shape index (κ2) is 6.02. The highest BCUT2D eigenvalue weighted by Gasteiger charge is 2.71. The summed E-state index contributed by atoms with van der Waals surface area (Å²) < 4.78 is 16.9. The van der Waals surface area contributed by atoms with Gasteiger partial charge in [0.1, 0.15) is 23.9 Å². The molecule has 8 atom stereocenters. The van der Waals surface area contributed by atoms with E-state index in [0.29, 0.717) is 5.57 Å². The zero-order valence-electron chi connectivity index (χ0n) is 15.5. The molecule has 146 valence electrons. The Balaban J connectivity index is 1.80. The Morgan fingerprint density at radius 1 is 1.41 bits per heavy atom. The van der Waals surface area contributed by atoms with Gasteiger partial charge in [-0.1, -0.05) is 24.3 Å². The normalized spacial score (nSPS) is 45.7. The lowest BCUT2D eigenvalue weighted by molar-refractivity contribution is -0.158. The molecule has 0 amide bonds. The highest BCUT2D eigenvalue weighted by atomic mass is 16.6. The number of esters is 2. The maximum absolute atomic E-state index is 12.4. The van der Waals surface area contributed by atoms with E-state index in [0.717, 1.165) is 5.57 Å². The van der Waals surface area contributed by atoms with Crippen molar-refractivity contribution in [1.82, 2.24) is 0 Å². The average molecular weight is 376 g/mol. The summed E-state index contributed by atoms with van der Waals surface area (Å²) in [5.41, 5.74) is 0.384. The first-order valence-corrected chi connectivity index (χ1v) is 9.15. The first kappa shape index (κ1) is 18.4. The van der Waals surface area contributed by atoms with E-state index in [4.69, 9.17) is 14.2 Å². The van der Waals surface area contributed by atoms with Crippen LogP contribution in [0.1, 0.15) is 20.8 Å². The number of fused-ring (bicyclic) bond motifs is 4. The van der Waals surface area contributed by atoms with E-state index in [1.54, 1.807) is 26.0 Å². The molecule has 2 N–H and O–H groups in total. The van der Waals surface area contributed by atoms with E-state index in [2.05, 4.69) is 6.58 Å². The number of aliphatic hydroxyl groups excluding tert-OH is 2. The Bertz CT molecular complexity index is 775. The highest BCUT2D eigenvalue weighted by molar-refractivity contribution is 5.92. The summed E-state index contributed by atoms with van der Waals surface area (Å²) in [6.45, 7) is 9.26. The molecule has 1 saturated carbocycles. The van der Waals surface area contributed by atoms with Gasteiger partial charge in [0.15, 0.2) is 0 Å². The van der Waals surface area contributed by atoms with Crippen LogP contribution in [0.5, 0.6) is 0 Å². The predicted molar refractivity (Wildman–Crippen MR) is 93.3 cm³/mol. The fraction of sp³-hybridized carbons (Fsp3) is 0.600. The van der Waals surface area contributed by atoms with Crippen LogP contribution in [-0.4, -0.2) is 58.8 Å². The molecule has 0 unspecified atom stereocenters. The predicted octanol–water partition coefficient (Wildman–Crippen LogP) is 0.659. The smallest absolute Gasteiger partial charge is 0.334 e. The van der Waals surface area contributed by atoms with Crippen molar-refractivity contribution in [2.45, 2.75) is 50.8 Å². The molecular weight excluding hydrogens is 352 g/mol. The van der Waals surface area contributed by atoms with Gasteiger partial charge < -0.3 is 24.4 Å². The van der Waals surface area contributed by atoms with Gasteiger partial charge >= 0.3 is 11.9 Å². The Kier molecular flexibility index (Phi) is 4.10. The molecule has 0 aromatic heterocycles. The third-order valence-corrected chi connectivity index (χ3v) is 6.54. The molecular formula is C20H24O7. The highest BCUT2D eigenvalue weighted by Crippen LogP contribution is 2.58. The van der Waals surface area contributed by atoms with Crippen LogP contribution in [0.15, 0.2) is 35.5 Å². The molecule has 0 aromatic rings. The Morgan fingerprint density at radius 2 is 2.07 bits per heavy atom. The summed E-state index contributed by atoms with van der Waals surface area (Å²) in [6, 6.07) is 0. The van der Waals surface area contributed by atoms with Crippen LogP contribution in [0.2, 0.25) is 0 Å². The van der Waals surface area contributed by atoms with Crippen molar-refractivity contribution >= 4 is 11.9 Å². The van der Waals surface area contributed by atoms with Gasteiger partial charge in [-0.2, -0.15) is 0 Å². The van der Waals surface area contributed by atoms with Gasteiger partial charge in [0.2, 0.25) is 0 Å². The number of carbonyl (C=O) groups excluding carboxylic acids is 2. The molecule has 0 aromatic carbocycles. The maximum atomic E-state index is 12.4. The van der Waals surface area contributed by atoms with Crippen molar-refractivity contribution in [3.63, 3.8) is 0 Å². The number of epoxide rings is 1. The minimum atomic E-state index is -1.21. The number of allylic oxidation sites excluding steroid dienone is 1. The molecule has 27 heavy (non-hydrogen) atoms. The molecule has 2 aliphatic carbocycles. The number of carbonyl (C=O) groups is 2. The molecule has 0 radical (unpaired) electrons. The zero-order chi connectivity index (χ0) is 19.7. The van der Waals surface area contributed by atoms with Crippen molar-refractivity contribution in [3.8, 4) is 0 Å². The van der Waals surface area contributed by atoms with E-state index >= 15 is 0 Å². The largest absolute Gasteiger partial charge is 0.458 e. The first-order chi connectivity index (χ1) is 12.7. The SMILES string of the molecule is C=C1C(=O)O[C@H]2[C@H]1[C@H](OC(=O)/C(C)=C/C)[C@H](O)[C@]1(CO1)[C@H]1[C@@H]2C(C)=C[C@H]1O. The quantitative estimate of drug-likeness (QED) is 0.316. The van der Waals surface area contributed by atoms with E-state index in [1.165, 1.54) is 0 Å². The molecule has 0 bridgehead atoms. The number of hydrogen-bond donors (Lipinski definition) is 2. The van der Waals surface area contributed by atoms with Crippen LogP contribution >= 0.6 is 0 Å². The summed E-state index contributed by atoms with van der Waals surface area (Å²) >= 11 is 0. The van der Waals surface area contributed by atoms with Gasteiger partial charge in [0.25, 0.3) is 0 Å². The molecule has 4 rings (SSSR count). The summed E-state index contributed by atoms with van der Waals surface area (Å²) in [4.78, 5) is 24.7. The maximum Gasteiger partial charge on any atom is 0.334 e. The number of ether oxygens (including phenoxy) is 3. The van der Waals surface area contributed by atoms with Crippen LogP contribution in [-0.2, 0) is 23.8 Å². The van der Waals surface area contributed by atoms with Gasteiger partial charge in [-0.25, -0.2) is 9.59 Å². The monoisotopic (exact) mass is 376 g/mol. The number of rotatable bonds is 2. The summed E-state index contributed by atoms with van der Waals surface area (Å²) in [6.07, 6.45) is -0.452. The van der Waals surface area contributed by atoms with Crippen molar-refractivity contribution in [3.05, 3.63) is 35.5 Å². The summed E-state index contributed by atoms with van der Waals surface area (Å²) in [5.74, 6) is -2.67. The lowest BCUT2D eigenvalue weighted by Crippen LogP contribution is -2.50. The molecule has 7 nitrogen and oxygen atoms in total. The van der Waals surface area contributed by atoms with Crippen LogP contribution < -0.4 is 0 Å². The standard InChI is InChI=1S/C20H24O7/c1-5-8(2)18(23)27-16-13-10(4)19(24)26-15(13)12-9(3)6-11(21)14(12)20(7-25-20)17(16)22/h5-6,11-17,21-22H,4,7H2,1-3H3/b8-5+/t11-,12+,13+,14-,15-,16+,17+,20+/m1/s1. The Morgan fingerprint density at radius 3 is 2.67 bits per heavy atom. The van der Waals surface area contributed by atoms with E-state index in [1.807, 2.05) is 6.92 Å². The molecule has 7 heteroatoms. The van der Waals surface area contributed by atoms with Gasteiger partial charge in [-0.15, -0.1) is 0 Å². The Hall–Kier alpha value is -1.96. The van der Waals surface area contributed by atoms with Gasteiger partial charge in [-0.05, 0) is 20.8 Å². The van der Waals surface area contributed by atoms with Crippen LogP contribution in [0.3, 0.4) is 0 Å². The van der Waals surface area contributed by atoms with Crippen molar-refractivity contribution in [2.75, 3.05) is 6.61 Å². The second-order valence-electron chi connectivity index (χ2n) is 7.90. The lowest BCUT2D eigenvalue weighted by Gasteiger charge is -2.32. The fourth-order valence-corrected chi connectivity index (χ4v) is 4.92. The van der Waals surface area contributed by atoms with Gasteiger partial charge in [-0.3, -0.25) is 0 Å². The van der Waals surface area contributed by atoms with Crippen LogP contribution in [0.4, 0.5) is 0 Å². The number of hydrogen-bond acceptors (Lipinski definition) is 7. The minimum absolute atomic E-state index is 0.167. The molecule has 2 heterocycles. The molecule has 2 aliphatic heterocycles. The van der Waals surface area contributed by atoms with Gasteiger partial charge in [0, 0.05) is 23.0 Å². The van der Waals surface area contributed by atoms with Crippen molar-refractivity contribution in [1.29, 1.82) is 0 Å². The van der Waals surface area contributed by atoms with Crippen molar-refractivity contribution < 1.29 is 34.0 Å². The van der Waals surface area contributed by atoms with E-state index in [-0.39, 0.29) is 18.1 Å². The Labute approximate surface area is 157 Å². The molecule has 1 spiro atoms. The zero-order valence-corrected chi connectivity index (χ0v) is 15.5. The topological polar surface area (TPSA) is 106 Å². The fourth-order valence-electron chi connectivity index (χ4n) is 4.92. The molecule has 2 saturated heterocycles. The molecule has 4 aliphatic rings. The third-order valence-electron chi connectivity index (χ3n) is 6.54. The summed E-state index contributed by atoms with van der Waals surface area (Å²) in [7, 11) is 0. The van der Waals surface area contributed by atoms with Crippen LogP contribution in [0.25, 0.3) is 0 Å². The van der Waals surface area contributed by atoms with Gasteiger partial charge in [0.05, 0.1) is 18.6 Å². The van der Waals surface area contributed by atoms with E-state index in [9.17, 15) is 19.8 Å². The summed E-state index contributed by atoms with van der Waals surface area (Å²) in [5, 5.41) is 21.8. The third kappa shape index (κ3) is 2.45. The van der Waals surface area contributed by atoms with E-state index < -0.39 is 53.8 Å². The second-order valence-corrected chi connectivity index (χ2v) is 7.90.